The molecule has 1 aliphatic rings. The molecule has 0 saturated carbocycles. The predicted molar refractivity (Wildman–Crippen MR) is 41.3 cm³/mol. The molecule has 1 heterocycles. The first kappa shape index (κ1) is 7.47. The zero-order valence-electron chi connectivity index (χ0n) is 7.12. The molecule has 1 nitrogen and oxygen atoms in total. The van der Waals surface area contributed by atoms with Crippen molar-refractivity contribution in [3.05, 3.63) is 0 Å². The van der Waals surface area contributed by atoms with Crippen LogP contribution in [0.3, 0.4) is 0 Å². The van der Waals surface area contributed by atoms with Crippen LogP contribution in [0.2, 0.25) is 0 Å². The van der Waals surface area contributed by atoms with E-state index in [0.29, 0.717) is 0 Å². The molecule has 0 amide bonds. The van der Waals surface area contributed by atoms with E-state index in [1.54, 1.807) is 0 Å². The Hall–Kier alpha value is -0.640. The van der Waals surface area contributed by atoms with E-state index in [1.165, 1.54) is 0 Å². The second-order valence-corrected chi connectivity index (χ2v) is 3.95. The van der Waals surface area contributed by atoms with Crippen molar-refractivity contribution in [3.8, 4) is 12.0 Å². The molecule has 0 N–H and O–H groups in total. The summed E-state index contributed by atoms with van der Waals surface area (Å²) in [5, 5.41) is 0. The van der Waals surface area contributed by atoms with E-state index in [2.05, 4.69) is 39.7 Å². The minimum atomic E-state index is -0.0990. The monoisotopic (exact) mass is 138 g/mol. The molecule has 56 valence electrons. The molecular formula is C9H14O. The Kier molecular flexibility index (Phi) is 1.43. The van der Waals surface area contributed by atoms with Gasteiger partial charge in [-0.2, -0.15) is 0 Å². The Bertz CT molecular complexity index is 171. The summed E-state index contributed by atoms with van der Waals surface area (Å²) in [6.45, 7) is 8.53. The summed E-state index contributed by atoms with van der Waals surface area (Å²) in [5.74, 6) is 2.96. The van der Waals surface area contributed by atoms with Crippen LogP contribution in [0, 0.1) is 17.4 Å². The van der Waals surface area contributed by atoms with Gasteiger partial charge < -0.3 is 4.74 Å². The van der Waals surface area contributed by atoms with Gasteiger partial charge in [0.1, 0.15) is 11.7 Å². The maximum atomic E-state index is 5.32. The molecule has 0 aromatic carbocycles. The van der Waals surface area contributed by atoms with Crippen molar-refractivity contribution in [1.82, 2.24) is 0 Å². The summed E-state index contributed by atoms with van der Waals surface area (Å²) in [5.41, 5.74) is 0.0799. The summed E-state index contributed by atoms with van der Waals surface area (Å²) >= 11 is 0. The highest BCUT2D eigenvalue weighted by atomic mass is 16.5. The third-order valence-electron chi connectivity index (χ3n) is 2.54. The highest BCUT2D eigenvalue weighted by molar-refractivity contribution is 5.07. The van der Waals surface area contributed by atoms with Crippen LogP contribution in [0.15, 0.2) is 0 Å². The Labute approximate surface area is 62.8 Å². The molecule has 0 fully saturated rings. The summed E-state index contributed by atoms with van der Waals surface area (Å²) in [7, 11) is 0. The van der Waals surface area contributed by atoms with Crippen LogP contribution in [0.25, 0.3) is 0 Å². The second kappa shape index (κ2) is 1.92. The summed E-state index contributed by atoms with van der Waals surface area (Å²) in [4.78, 5) is 0. The van der Waals surface area contributed by atoms with Crippen molar-refractivity contribution < 1.29 is 4.74 Å². The van der Waals surface area contributed by atoms with Gasteiger partial charge in [-0.05, 0) is 13.8 Å². The van der Waals surface area contributed by atoms with Crippen LogP contribution in [0.4, 0.5) is 0 Å². The average Bonchev–Trinajstić information content (AvgIpc) is 1.77. The third kappa shape index (κ3) is 0.988. The van der Waals surface area contributed by atoms with E-state index < -0.39 is 0 Å². The lowest BCUT2D eigenvalue weighted by molar-refractivity contribution is -0.0401. The zero-order chi connectivity index (χ0) is 7.83. The molecular weight excluding hydrogens is 124 g/mol. The van der Waals surface area contributed by atoms with Crippen LogP contribution in [-0.4, -0.2) is 5.60 Å². The van der Waals surface area contributed by atoms with Gasteiger partial charge in [-0.3, -0.25) is 0 Å². The second-order valence-electron chi connectivity index (χ2n) is 3.95. The van der Waals surface area contributed by atoms with Gasteiger partial charge in [0.2, 0.25) is 0 Å². The zero-order valence-corrected chi connectivity index (χ0v) is 7.12. The van der Waals surface area contributed by atoms with E-state index in [9.17, 15) is 0 Å². The van der Waals surface area contributed by atoms with E-state index >= 15 is 0 Å². The molecule has 1 aliphatic heterocycles. The van der Waals surface area contributed by atoms with Gasteiger partial charge in [0, 0.05) is 11.8 Å². The fraction of sp³-hybridized carbons (Fsp3) is 0.778. The summed E-state index contributed by atoms with van der Waals surface area (Å²) < 4.78 is 5.32. The van der Waals surface area contributed by atoms with E-state index in [-0.39, 0.29) is 11.0 Å². The third-order valence-corrected chi connectivity index (χ3v) is 2.54. The molecule has 0 atom stereocenters. The molecule has 0 spiro atoms. The highest BCUT2D eigenvalue weighted by Gasteiger charge is 2.39. The van der Waals surface area contributed by atoms with Crippen molar-refractivity contribution in [2.45, 2.75) is 39.7 Å². The van der Waals surface area contributed by atoms with Crippen molar-refractivity contribution in [2.24, 2.45) is 5.41 Å². The maximum absolute atomic E-state index is 5.32. The van der Waals surface area contributed by atoms with Crippen molar-refractivity contribution in [3.63, 3.8) is 0 Å². The van der Waals surface area contributed by atoms with E-state index in [0.717, 1.165) is 6.42 Å². The Morgan fingerprint density at radius 1 is 1.20 bits per heavy atom. The SMILES string of the molecule is CC1(C)CC#COC1(C)C. The van der Waals surface area contributed by atoms with Crippen molar-refractivity contribution in [1.29, 1.82) is 0 Å². The molecule has 0 unspecified atom stereocenters. The molecule has 0 saturated heterocycles. The molecule has 0 bridgehead atoms. The lowest BCUT2D eigenvalue weighted by Gasteiger charge is -2.40. The Morgan fingerprint density at radius 3 is 2.10 bits per heavy atom. The molecule has 10 heavy (non-hydrogen) atoms. The maximum Gasteiger partial charge on any atom is 0.121 e. The first-order chi connectivity index (χ1) is 4.46. The quantitative estimate of drug-likeness (QED) is 0.466. The number of hydrogen-bond acceptors (Lipinski definition) is 1. The number of hydrogen-bond donors (Lipinski definition) is 0. The summed E-state index contributed by atoms with van der Waals surface area (Å²) in [6, 6.07) is 0. The van der Waals surface area contributed by atoms with Gasteiger partial charge >= 0.3 is 0 Å². The largest absolute Gasteiger partial charge is 0.440 e. The highest BCUT2D eigenvalue weighted by Crippen LogP contribution is 2.38. The molecule has 0 aromatic rings. The Morgan fingerprint density at radius 2 is 1.80 bits per heavy atom. The molecule has 1 heteroatoms. The normalized spacial score (nSPS) is 26.0. The fourth-order valence-corrected chi connectivity index (χ4v) is 0.772. The first-order valence-corrected chi connectivity index (χ1v) is 3.62. The molecule has 0 radical (unpaired) electrons. The van der Waals surface area contributed by atoms with Gasteiger partial charge in [0.05, 0.1) is 0 Å². The minimum absolute atomic E-state index is 0.0990. The fourth-order valence-electron chi connectivity index (χ4n) is 0.772. The van der Waals surface area contributed by atoms with Gasteiger partial charge in [-0.1, -0.05) is 19.8 Å². The van der Waals surface area contributed by atoms with Gasteiger partial charge in [0.15, 0.2) is 0 Å². The van der Waals surface area contributed by atoms with Crippen molar-refractivity contribution >= 4 is 0 Å². The topological polar surface area (TPSA) is 9.23 Å². The van der Waals surface area contributed by atoms with Gasteiger partial charge in [-0.15, -0.1) is 0 Å². The molecule has 0 aliphatic carbocycles. The van der Waals surface area contributed by atoms with Gasteiger partial charge in [-0.25, -0.2) is 0 Å². The smallest absolute Gasteiger partial charge is 0.121 e. The minimum Gasteiger partial charge on any atom is -0.440 e. The van der Waals surface area contributed by atoms with Crippen LogP contribution in [0.1, 0.15) is 34.1 Å². The molecule has 0 aromatic heterocycles. The summed E-state index contributed by atoms with van der Waals surface area (Å²) in [6.07, 6.45) is 3.61. The molecule has 1 rings (SSSR count). The van der Waals surface area contributed by atoms with E-state index in [4.69, 9.17) is 4.74 Å². The van der Waals surface area contributed by atoms with Crippen LogP contribution < -0.4 is 0 Å². The first-order valence-electron chi connectivity index (χ1n) is 3.62. The number of ether oxygens (including phenoxy) is 1. The standard InChI is InChI=1S/C9H14O/c1-8(2)6-5-7-10-9(8,3)4/h6H2,1-4H3. The van der Waals surface area contributed by atoms with Crippen molar-refractivity contribution in [2.75, 3.05) is 0 Å². The Balaban J connectivity index is 2.89. The van der Waals surface area contributed by atoms with Crippen LogP contribution in [0.5, 0.6) is 0 Å². The lowest BCUT2D eigenvalue weighted by Crippen LogP contribution is -2.42. The van der Waals surface area contributed by atoms with Crippen LogP contribution in [-0.2, 0) is 4.74 Å². The predicted octanol–water partition coefficient (Wildman–Crippen LogP) is 2.17. The number of rotatable bonds is 0. The average molecular weight is 138 g/mol. The van der Waals surface area contributed by atoms with Gasteiger partial charge in [0.25, 0.3) is 0 Å². The van der Waals surface area contributed by atoms with Crippen LogP contribution >= 0.6 is 0 Å². The van der Waals surface area contributed by atoms with E-state index in [1.807, 2.05) is 0 Å². The lowest BCUT2D eigenvalue weighted by atomic mass is 9.74.